The van der Waals surface area contributed by atoms with E-state index in [1.165, 1.54) is 4.68 Å². The van der Waals surface area contributed by atoms with E-state index in [9.17, 15) is 9.59 Å². The molecular formula is C23H24N4O3. The number of benzene rings is 2. The van der Waals surface area contributed by atoms with Gasteiger partial charge in [0, 0.05) is 36.4 Å². The van der Waals surface area contributed by atoms with Crippen molar-refractivity contribution in [3.63, 3.8) is 0 Å². The number of nitrogens with zero attached hydrogens (tertiary/aromatic N) is 4. The van der Waals surface area contributed by atoms with E-state index in [-0.39, 0.29) is 17.2 Å². The van der Waals surface area contributed by atoms with Crippen LogP contribution < -0.4 is 10.3 Å². The first-order valence-electron chi connectivity index (χ1n) is 9.95. The van der Waals surface area contributed by atoms with Crippen LogP contribution in [-0.2, 0) is 7.05 Å². The third-order valence-corrected chi connectivity index (χ3v) is 5.51. The van der Waals surface area contributed by atoms with Crippen LogP contribution in [0, 0.1) is 0 Å². The highest BCUT2D eigenvalue weighted by Crippen LogP contribution is 2.29. The quantitative estimate of drug-likeness (QED) is 0.511. The average Bonchev–Trinajstić information content (AvgIpc) is 3.08. The lowest BCUT2D eigenvalue weighted by atomic mass is 10.1. The molecule has 0 radical (unpaired) electrons. The molecule has 7 heteroatoms. The molecular weight excluding hydrogens is 380 g/mol. The van der Waals surface area contributed by atoms with E-state index < -0.39 is 0 Å². The van der Waals surface area contributed by atoms with Gasteiger partial charge in [-0.1, -0.05) is 18.2 Å². The van der Waals surface area contributed by atoms with E-state index in [1.54, 1.807) is 36.3 Å². The smallest absolute Gasteiger partial charge is 0.296 e. The van der Waals surface area contributed by atoms with E-state index in [0.717, 1.165) is 10.9 Å². The second-order valence-corrected chi connectivity index (χ2v) is 7.04. The van der Waals surface area contributed by atoms with Crippen LogP contribution in [-0.4, -0.2) is 45.4 Å². The number of rotatable bonds is 5. The Morgan fingerprint density at radius 3 is 2.37 bits per heavy atom. The lowest BCUT2D eigenvalue weighted by molar-refractivity contribution is 0.0767. The molecule has 2 aromatic carbocycles. The second kappa shape index (κ2) is 7.67. The Morgan fingerprint density at radius 1 is 1.07 bits per heavy atom. The maximum Gasteiger partial charge on any atom is 0.296 e. The largest absolute Gasteiger partial charge is 0.497 e. The Labute approximate surface area is 174 Å². The molecule has 2 heterocycles. The minimum atomic E-state index is -0.273. The number of amides is 1. The molecule has 0 aliphatic carbocycles. The predicted octanol–water partition coefficient (Wildman–Crippen LogP) is 3.37. The number of aryl methyl sites for hydroxylation is 1. The SMILES string of the molecule is CCN(CC)C(=O)c1nn(-c2ccc(OC)cc2)c(=O)c2c1c1ccccc1n2C. The van der Waals surface area contributed by atoms with Gasteiger partial charge in [-0.2, -0.15) is 9.78 Å². The molecule has 0 aliphatic rings. The number of fused-ring (bicyclic) bond motifs is 3. The molecule has 2 aromatic heterocycles. The van der Waals surface area contributed by atoms with Gasteiger partial charge in [0.25, 0.3) is 11.5 Å². The Balaban J connectivity index is 2.11. The Hall–Kier alpha value is -3.61. The van der Waals surface area contributed by atoms with Crippen molar-refractivity contribution in [1.29, 1.82) is 0 Å². The zero-order valence-corrected chi connectivity index (χ0v) is 17.5. The molecule has 0 fully saturated rings. The predicted molar refractivity (Wildman–Crippen MR) is 118 cm³/mol. The van der Waals surface area contributed by atoms with Gasteiger partial charge in [0.05, 0.1) is 12.8 Å². The van der Waals surface area contributed by atoms with Gasteiger partial charge in [-0.25, -0.2) is 0 Å². The molecule has 0 bridgehead atoms. The summed E-state index contributed by atoms with van der Waals surface area (Å²) in [5.41, 5.74) is 1.91. The molecule has 0 saturated carbocycles. The minimum absolute atomic E-state index is 0.191. The molecule has 0 atom stereocenters. The zero-order chi connectivity index (χ0) is 21.4. The first-order valence-corrected chi connectivity index (χ1v) is 9.95. The van der Waals surface area contributed by atoms with Crippen molar-refractivity contribution in [2.45, 2.75) is 13.8 Å². The summed E-state index contributed by atoms with van der Waals surface area (Å²) in [5, 5.41) is 6.01. The van der Waals surface area contributed by atoms with Crippen molar-refractivity contribution in [3.8, 4) is 11.4 Å². The van der Waals surface area contributed by atoms with Crippen LogP contribution in [0.2, 0.25) is 0 Å². The zero-order valence-electron chi connectivity index (χ0n) is 17.5. The molecule has 0 unspecified atom stereocenters. The fourth-order valence-electron chi connectivity index (χ4n) is 3.89. The summed E-state index contributed by atoms with van der Waals surface area (Å²) in [5.74, 6) is 0.487. The van der Waals surface area contributed by atoms with E-state index in [0.29, 0.717) is 35.4 Å². The van der Waals surface area contributed by atoms with Crippen molar-refractivity contribution in [2.24, 2.45) is 7.05 Å². The maximum absolute atomic E-state index is 13.5. The lowest BCUT2D eigenvalue weighted by Crippen LogP contribution is -2.34. The normalized spacial score (nSPS) is 11.2. The molecule has 0 N–H and O–H groups in total. The number of aromatic nitrogens is 3. The van der Waals surface area contributed by atoms with Crippen LogP contribution in [0.25, 0.3) is 27.5 Å². The molecule has 0 spiro atoms. The van der Waals surface area contributed by atoms with E-state index in [4.69, 9.17) is 4.74 Å². The number of para-hydroxylation sites is 1. The summed E-state index contributed by atoms with van der Waals surface area (Å²) >= 11 is 0. The summed E-state index contributed by atoms with van der Waals surface area (Å²) in [4.78, 5) is 28.6. The fraction of sp³-hybridized carbons (Fsp3) is 0.261. The molecule has 1 amide bonds. The second-order valence-electron chi connectivity index (χ2n) is 7.04. The van der Waals surface area contributed by atoms with Gasteiger partial charge >= 0.3 is 0 Å². The first-order chi connectivity index (χ1) is 14.5. The monoisotopic (exact) mass is 404 g/mol. The van der Waals surface area contributed by atoms with Crippen LogP contribution in [0.1, 0.15) is 24.3 Å². The van der Waals surface area contributed by atoms with Crippen LogP contribution in [0.5, 0.6) is 5.75 Å². The lowest BCUT2D eigenvalue weighted by Gasteiger charge is -2.19. The van der Waals surface area contributed by atoms with Crippen molar-refractivity contribution >= 4 is 27.7 Å². The fourth-order valence-corrected chi connectivity index (χ4v) is 3.89. The van der Waals surface area contributed by atoms with Crippen LogP contribution in [0.3, 0.4) is 0 Å². The van der Waals surface area contributed by atoms with Crippen LogP contribution >= 0.6 is 0 Å². The standard InChI is InChI=1S/C23H24N4O3/c1-5-26(6-2)22(28)20-19-17-9-7-8-10-18(17)25(3)21(19)23(29)27(24-20)15-11-13-16(30-4)14-12-15/h7-14H,5-6H2,1-4H3. The van der Waals surface area contributed by atoms with Crippen molar-refractivity contribution in [3.05, 3.63) is 64.6 Å². The molecule has 154 valence electrons. The van der Waals surface area contributed by atoms with Crippen LogP contribution in [0.4, 0.5) is 0 Å². The van der Waals surface area contributed by atoms with Gasteiger partial charge in [-0.3, -0.25) is 9.59 Å². The van der Waals surface area contributed by atoms with E-state index in [2.05, 4.69) is 5.10 Å². The molecule has 4 rings (SSSR count). The van der Waals surface area contributed by atoms with Gasteiger partial charge in [0.2, 0.25) is 0 Å². The van der Waals surface area contributed by atoms with Crippen LogP contribution in [0.15, 0.2) is 53.3 Å². The topological polar surface area (TPSA) is 69.4 Å². The minimum Gasteiger partial charge on any atom is -0.497 e. The Bertz CT molecular complexity index is 1300. The number of carbonyl (C=O) groups excluding carboxylic acids is 1. The highest BCUT2D eigenvalue weighted by molar-refractivity contribution is 6.16. The van der Waals surface area contributed by atoms with E-state index in [1.807, 2.05) is 49.7 Å². The first kappa shape index (κ1) is 19.7. The number of hydrogen-bond donors (Lipinski definition) is 0. The highest BCUT2D eigenvalue weighted by atomic mass is 16.5. The maximum atomic E-state index is 13.5. The van der Waals surface area contributed by atoms with Crippen molar-refractivity contribution < 1.29 is 9.53 Å². The van der Waals surface area contributed by atoms with E-state index >= 15 is 0 Å². The molecule has 7 nitrogen and oxygen atoms in total. The number of ether oxygens (including phenoxy) is 1. The molecule has 0 aliphatic heterocycles. The average molecular weight is 404 g/mol. The Kier molecular flexibility index (Phi) is 5.03. The van der Waals surface area contributed by atoms with Gasteiger partial charge in [-0.15, -0.1) is 0 Å². The van der Waals surface area contributed by atoms with Crippen molar-refractivity contribution in [1.82, 2.24) is 19.2 Å². The number of hydrogen-bond acceptors (Lipinski definition) is 4. The van der Waals surface area contributed by atoms with Gasteiger partial charge < -0.3 is 14.2 Å². The number of methoxy groups -OCH3 is 1. The summed E-state index contributed by atoms with van der Waals surface area (Å²) in [6.07, 6.45) is 0. The number of carbonyl (C=O) groups is 1. The third-order valence-electron chi connectivity index (χ3n) is 5.51. The summed E-state index contributed by atoms with van der Waals surface area (Å²) in [6.45, 7) is 4.98. The molecule has 0 saturated heterocycles. The Morgan fingerprint density at radius 2 is 1.73 bits per heavy atom. The van der Waals surface area contributed by atoms with Crippen molar-refractivity contribution in [2.75, 3.05) is 20.2 Å². The third kappa shape index (κ3) is 2.94. The van der Waals surface area contributed by atoms with Gasteiger partial charge in [0.1, 0.15) is 11.3 Å². The molecule has 30 heavy (non-hydrogen) atoms. The summed E-state index contributed by atoms with van der Waals surface area (Å²) in [7, 11) is 3.43. The highest BCUT2D eigenvalue weighted by Gasteiger charge is 2.25. The van der Waals surface area contributed by atoms with Gasteiger partial charge in [-0.05, 0) is 44.2 Å². The summed E-state index contributed by atoms with van der Waals surface area (Å²) < 4.78 is 8.36. The molecule has 4 aromatic rings. The van der Waals surface area contributed by atoms with Gasteiger partial charge in [0.15, 0.2) is 5.69 Å². The summed E-state index contributed by atoms with van der Waals surface area (Å²) in [6, 6.07) is 14.7.